The normalized spacial score (nSPS) is 23.7. The van der Waals surface area contributed by atoms with Gasteiger partial charge < -0.3 is 24.6 Å². The molecule has 4 N–H and O–H groups in total. The van der Waals surface area contributed by atoms with Crippen LogP contribution in [-0.4, -0.2) is 55.5 Å². The maximum absolute atomic E-state index is 10.9. The van der Waals surface area contributed by atoms with Crippen LogP contribution >= 0.6 is 0 Å². The number of carboxylic acid groups (broad SMARTS) is 1. The molecule has 1 aromatic heterocycles. The number of nitrogens with zero attached hydrogens (tertiary/aromatic N) is 3. The second kappa shape index (κ2) is 8.94. The fraction of sp³-hybridized carbons (Fsp3) is 0.280. The summed E-state index contributed by atoms with van der Waals surface area (Å²) in [4.78, 5) is 15.6. The zero-order valence-electron chi connectivity index (χ0n) is 18.6. The van der Waals surface area contributed by atoms with Crippen LogP contribution in [0.2, 0.25) is 0 Å². The second-order valence-electron chi connectivity index (χ2n) is 8.58. The van der Waals surface area contributed by atoms with Gasteiger partial charge in [-0.25, -0.2) is 4.99 Å². The van der Waals surface area contributed by atoms with Crippen LogP contribution in [0.4, 0.5) is 11.5 Å². The van der Waals surface area contributed by atoms with E-state index in [1.54, 1.807) is 30.0 Å². The molecule has 0 aliphatic carbocycles. The van der Waals surface area contributed by atoms with Crippen molar-refractivity contribution in [3.8, 4) is 11.1 Å². The molecule has 0 bridgehead atoms. The zero-order valence-corrected chi connectivity index (χ0v) is 18.6. The van der Waals surface area contributed by atoms with Crippen LogP contribution in [0.5, 0.6) is 0 Å². The molecule has 0 unspecified atom stereocenters. The summed E-state index contributed by atoms with van der Waals surface area (Å²) in [6.07, 6.45) is 0.289. The van der Waals surface area contributed by atoms with Crippen molar-refractivity contribution in [3.05, 3.63) is 71.9 Å². The minimum Gasteiger partial charge on any atom is -0.481 e. The van der Waals surface area contributed by atoms with Gasteiger partial charge in [-0.2, -0.15) is 0 Å². The molecule has 9 nitrogen and oxygen atoms in total. The Balaban J connectivity index is 1.45. The van der Waals surface area contributed by atoms with Gasteiger partial charge in [0.15, 0.2) is 6.23 Å². The van der Waals surface area contributed by atoms with Crippen molar-refractivity contribution >= 4 is 23.8 Å². The molecule has 1 saturated heterocycles. The van der Waals surface area contributed by atoms with E-state index in [0.29, 0.717) is 12.4 Å². The van der Waals surface area contributed by atoms with Gasteiger partial charge in [0, 0.05) is 17.3 Å². The molecule has 1 fully saturated rings. The molecule has 34 heavy (non-hydrogen) atoms. The third-order valence-electron chi connectivity index (χ3n) is 6.17. The smallest absolute Gasteiger partial charge is 0.307 e. The van der Waals surface area contributed by atoms with Crippen molar-refractivity contribution in [3.63, 3.8) is 0 Å². The van der Waals surface area contributed by atoms with Crippen LogP contribution in [0.3, 0.4) is 0 Å². The highest BCUT2D eigenvalue weighted by Crippen LogP contribution is 2.41. The summed E-state index contributed by atoms with van der Waals surface area (Å²) in [6, 6.07) is 17.1. The second-order valence-corrected chi connectivity index (χ2v) is 8.58. The number of hydrogen-bond donors (Lipinski definition) is 4. The standard InChI is InChI=1S/C25H26N4O5/c1-15-22(32)23(33)25(34-15)29-13-19(17-5-3-2-4-6-17)20-12-28(14-26-24(20)29)27-18-9-7-16(8-10-18)11-21(30)31/h2-10,13-15,22-23,25,27,32-33H,11-12H2,1H3,(H,30,31)/t15-,22-,23-,25-/m1/s1. The lowest BCUT2D eigenvalue weighted by Crippen LogP contribution is -2.31. The number of nitrogens with one attached hydrogen (secondary N) is 1. The van der Waals surface area contributed by atoms with Gasteiger partial charge in [0.2, 0.25) is 0 Å². The lowest BCUT2D eigenvalue weighted by Gasteiger charge is -2.26. The van der Waals surface area contributed by atoms with Crippen LogP contribution < -0.4 is 5.43 Å². The van der Waals surface area contributed by atoms with Gasteiger partial charge in [-0.15, -0.1) is 0 Å². The SMILES string of the molecule is C[C@H]1O[C@@H](n2cc(-c3ccccc3)c3c2N=CN(Nc2ccc(CC(=O)O)cc2)C3)[C@H](O)[C@@H]1O. The lowest BCUT2D eigenvalue weighted by molar-refractivity contribution is -0.136. The highest BCUT2D eigenvalue weighted by Gasteiger charge is 2.42. The Labute approximate surface area is 196 Å². The van der Waals surface area contributed by atoms with Crippen LogP contribution in [0.15, 0.2) is 65.8 Å². The molecule has 9 heteroatoms. The zero-order chi connectivity index (χ0) is 23.8. The molecule has 0 amide bonds. The number of ether oxygens (including phenoxy) is 1. The Hall–Kier alpha value is -3.66. The highest BCUT2D eigenvalue weighted by molar-refractivity contribution is 5.77. The predicted molar refractivity (Wildman–Crippen MR) is 127 cm³/mol. The number of anilines is 1. The van der Waals surface area contributed by atoms with Crippen molar-refractivity contribution < 1.29 is 24.9 Å². The summed E-state index contributed by atoms with van der Waals surface area (Å²) in [5, 5.41) is 31.6. The molecule has 2 aromatic carbocycles. The molecular formula is C25H26N4O5. The van der Waals surface area contributed by atoms with E-state index in [9.17, 15) is 15.0 Å². The number of rotatable bonds is 6. The lowest BCUT2D eigenvalue weighted by atomic mass is 10.0. The monoisotopic (exact) mass is 462 g/mol. The third-order valence-corrected chi connectivity index (χ3v) is 6.17. The van der Waals surface area contributed by atoms with E-state index in [4.69, 9.17) is 9.84 Å². The predicted octanol–water partition coefficient (Wildman–Crippen LogP) is 2.92. The van der Waals surface area contributed by atoms with E-state index in [0.717, 1.165) is 27.9 Å². The summed E-state index contributed by atoms with van der Waals surface area (Å²) in [5.41, 5.74) is 7.74. The fourth-order valence-electron chi connectivity index (χ4n) is 4.41. The summed E-state index contributed by atoms with van der Waals surface area (Å²) in [7, 11) is 0. The third kappa shape index (κ3) is 4.16. The van der Waals surface area contributed by atoms with Gasteiger partial charge in [-0.05, 0) is 30.2 Å². The molecule has 3 heterocycles. The molecule has 0 radical (unpaired) electrons. The molecule has 0 saturated carbocycles. The number of carboxylic acids is 1. The van der Waals surface area contributed by atoms with E-state index in [-0.39, 0.29) is 6.42 Å². The van der Waals surface area contributed by atoms with Gasteiger partial charge in [0.1, 0.15) is 24.4 Å². The Morgan fingerprint density at radius 3 is 2.50 bits per heavy atom. The Bertz CT molecular complexity index is 1210. The maximum atomic E-state index is 10.9. The first-order valence-corrected chi connectivity index (χ1v) is 11.1. The van der Waals surface area contributed by atoms with Crippen LogP contribution in [-0.2, 0) is 22.5 Å². The summed E-state index contributed by atoms with van der Waals surface area (Å²) in [6.45, 7) is 2.23. The maximum Gasteiger partial charge on any atom is 0.307 e. The first-order valence-electron chi connectivity index (χ1n) is 11.1. The molecule has 2 aliphatic heterocycles. The molecule has 5 rings (SSSR count). The Morgan fingerprint density at radius 1 is 1.12 bits per heavy atom. The summed E-state index contributed by atoms with van der Waals surface area (Å²) in [5.74, 6) is -0.202. The molecule has 2 aliphatic rings. The molecule has 0 spiro atoms. The number of fused-ring (bicyclic) bond motifs is 1. The molecule has 4 atom stereocenters. The Kier molecular flexibility index (Phi) is 5.82. The number of aliphatic hydroxyl groups excluding tert-OH is 2. The van der Waals surface area contributed by atoms with E-state index in [1.807, 2.05) is 53.7 Å². The average Bonchev–Trinajstić information content (AvgIpc) is 3.33. The van der Waals surface area contributed by atoms with Crippen LogP contribution in [0.25, 0.3) is 11.1 Å². The first kappa shape index (κ1) is 22.1. The molecule has 176 valence electrons. The largest absolute Gasteiger partial charge is 0.481 e. The van der Waals surface area contributed by atoms with Crippen molar-refractivity contribution in [1.82, 2.24) is 9.58 Å². The average molecular weight is 463 g/mol. The van der Waals surface area contributed by atoms with Crippen LogP contribution in [0.1, 0.15) is 24.3 Å². The van der Waals surface area contributed by atoms with Crippen molar-refractivity contribution in [2.24, 2.45) is 4.99 Å². The first-order chi connectivity index (χ1) is 16.4. The van der Waals surface area contributed by atoms with Gasteiger partial charge in [0.05, 0.1) is 24.8 Å². The quantitative estimate of drug-likeness (QED) is 0.445. The minimum absolute atomic E-state index is 0.0227. The minimum atomic E-state index is -1.06. The van der Waals surface area contributed by atoms with E-state index in [1.165, 1.54) is 0 Å². The number of aliphatic imine (C=N–C) groups is 1. The molecular weight excluding hydrogens is 436 g/mol. The number of aromatic nitrogens is 1. The fourth-order valence-corrected chi connectivity index (χ4v) is 4.41. The van der Waals surface area contributed by atoms with Crippen molar-refractivity contribution in [1.29, 1.82) is 0 Å². The summed E-state index contributed by atoms with van der Waals surface area (Å²) >= 11 is 0. The number of aliphatic hydroxyl groups is 2. The Morgan fingerprint density at radius 2 is 1.85 bits per heavy atom. The van der Waals surface area contributed by atoms with Gasteiger partial charge in [0.25, 0.3) is 0 Å². The van der Waals surface area contributed by atoms with Crippen LogP contribution in [0, 0.1) is 0 Å². The highest BCUT2D eigenvalue weighted by atomic mass is 16.6. The topological polar surface area (TPSA) is 120 Å². The van der Waals surface area contributed by atoms with Gasteiger partial charge >= 0.3 is 5.97 Å². The number of hydrogen-bond acceptors (Lipinski definition) is 7. The van der Waals surface area contributed by atoms with Gasteiger partial charge in [-0.3, -0.25) is 15.2 Å². The number of benzene rings is 2. The van der Waals surface area contributed by atoms with Gasteiger partial charge in [-0.1, -0.05) is 42.5 Å². The van der Waals surface area contributed by atoms with E-state index < -0.39 is 30.5 Å². The van der Waals surface area contributed by atoms with E-state index >= 15 is 0 Å². The summed E-state index contributed by atoms with van der Waals surface area (Å²) < 4.78 is 7.66. The number of carbonyl (C=O) groups is 1. The number of hydrazine groups is 1. The van der Waals surface area contributed by atoms with E-state index in [2.05, 4.69) is 10.4 Å². The molecule has 3 aromatic rings. The van der Waals surface area contributed by atoms with Crippen molar-refractivity contribution in [2.45, 2.75) is 44.4 Å². The van der Waals surface area contributed by atoms with Crippen molar-refractivity contribution in [2.75, 3.05) is 5.43 Å². The number of aliphatic carboxylic acids is 1.